The molecule has 1 heterocycles. The molecule has 2 aromatic rings. The third kappa shape index (κ3) is 3.49. The van der Waals surface area contributed by atoms with E-state index in [9.17, 15) is 4.79 Å². The second-order valence-electron chi connectivity index (χ2n) is 4.87. The van der Waals surface area contributed by atoms with Gasteiger partial charge in [-0.1, -0.05) is 11.3 Å². The zero-order chi connectivity index (χ0) is 14.5. The summed E-state index contributed by atoms with van der Waals surface area (Å²) in [5.41, 5.74) is 7.49. The van der Waals surface area contributed by atoms with Crippen LogP contribution in [0.4, 0.5) is 0 Å². The molecule has 1 aromatic heterocycles. The molecule has 0 saturated carbocycles. The number of rotatable bonds is 6. The first kappa shape index (κ1) is 14.8. The molecule has 0 spiro atoms. The van der Waals surface area contributed by atoms with E-state index in [1.54, 1.807) is 4.57 Å². The monoisotopic (exact) mass is 292 g/mol. The van der Waals surface area contributed by atoms with Gasteiger partial charge in [-0.25, -0.2) is 0 Å². The lowest BCUT2D eigenvalue weighted by atomic mass is 10.1. The fourth-order valence-electron chi connectivity index (χ4n) is 1.99. The Kier molecular flexibility index (Phi) is 4.98. The molecule has 1 aromatic carbocycles. The molecule has 108 valence electrons. The van der Waals surface area contributed by atoms with Gasteiger partial charge in [-0.05, 0) is 56.6 Å². The quantitative estimate of drug-likeness (QED) is 0.890. The summed E-state index contributed by atoms with van der Waals surface area (Å²) >= 11 is 1.23. The van der Waals surface area contributed by atoms with Crippen molar-refractivity contribution >= 4 is 11.3 Å². The number of nitrogens with two attached hydrogens (primary N) is 1. The fourth-order valence-corrected chi connectivity index (χ4v) is 2.79. The Labute approximate surface area is 122 Å². The topological polar surface area (TPSA) is 57.2 Å². The number of hydrogen-bond acceptors (Lipinski definition) is 4. The highest BCUT2D eigenvalue weighted by molar-refractivity contribution is 7.07. The first-order valence-corrected chi connectivity index (χ1v) is 7.65. The van der Waals surface area contributed by atoms with E-state index in [-0.39, 0.29) is 11.0 Å². The maximum atomic E-state index is 11.8. The van der Waals surface area contributed by atoms with Gasteiger partial charge in [-0.15, -0.1) is 0 Å². The Bertz CT molecular complexity index is 599. The van der Waals surface area contributed by atoms with Crippen molar-refractivity contribution in [3.05, 3.63) is 39.3 Å². The molecule has 4 nitrogen and oxygen atoms in total. The van der Waals surface area contributed by atoms with Crippen molar-refractivity contribution in [3.63, 3.8) is 0 Å². The number of ether oxygens (including phenoxy) is 1. The van der Waals surface area contributed by atoms with Gasteiger partial charge in [-0.2, -0.15) is 0 Å². The van der Waals surface area contributed by atoms with E-state index in [0.717, 1.165) is 23.4 Å². The van der Waals surface area contributed by atoms with Crippen LogP contribution in [-0.2, 0) is 6.54 Å². The molecule has 0 radical (unpaired) electrons. The molecular formula is C15H20N2O2S. The average molecular weight is 292 g/mol. The molecule has 20 heavy (non-hydrogen) atoms. The Morgan fingerprint density at radius 3 is 2.60 bits per heavy atom. The van der Waals surface area contributed by atoms with Crippen LogP contribution in [0.15, 0.2) is 34.4 Å². The van der Waals surface area contributed by atoms with Crippen molar-refractivity contribution in [2.75, 3.05) is 6.54 Å². The smallest absolute Gasteiger partial charge is 0.307 e. The van der Waals surface area contributed by atoms with Gasteiger partial charge in [0.05, 0.1) is 11.8 Å². The van der Waals surface area contributed by atoms with Crippen molar-refractivity contribution in [1.29, 1.82) is 0 Å². The second-order valence-corrected chi connectivity index (χ2v) is 5.69. The number of thiazole rings is 1. The van der Waals surface area contributed by atoms with Crippen LogP contribution in [0.5, 0.6) is 5.75 Å². The van der Waals surface area contributed by atoms with Gasteiger partial charge < -0.3 is 10.5 Å². The van der Waals surface area contributed by atoms with Crippen LogP contribution in [0, 0.1) is 0 Å². The molecule has 0 atom stereocenters. The maximum Gasteiger partial charge on any atom is 0.307 e. The van der Waals surface area contributed by atoms with E-state index in [4.69, 9.17) is 10.5 Å². The first-order valence-electron chi connectivity index (χ1n) is 6.77. The summed E-state index contributed by atoms with van der Waals surface area (Å²) in [7, 11) is 0. The summed E-state index contributed by atoms with van der Waals surface area (Å²) in [5, 5.41) is 1.90. The third-order valence-corrected chi connectivity index (χ3v) is 3.65. The molecule has 2 rings (SSSR count). The Hall–Kier alpha value is -1.59. The SMILES string of the molecule is CC(C)Oc1ccc(-c2csc(=O)n2CCCN)cc1. The highest BCUT2D eigenvalue weighted by Crippen LogP contribution is 2.23. The third-order valence-electron chi connectivity index (χ3n) is 2.89. The van der Waals surface area contributed by atoms with Gasteiger partial charge >= 0.3 is 4.87 Å². The van der Waals surface area contributed by atoms with Crippen LogP contribution < -0.4 is 15.3 Å². The van der Waals surface area contributed by atoms with Crippen LogP contribution >= 0.6 is 11.3 Å². The van der Waals surface area contributed by atoms with Crippen LogP contribution in [-0.4, -0.2) is 17.2 Å². The normalized spacial score (nSPS) is 11.0. The Balaban J connectivity index is 2.25. The summed E-state index contributed by atoms with van der Waals surface area (Å²) in [6, 6.07) is 7.84. The van der Waals surface area contributed by atoms with Crippen molar-refractivity contribution in [2.45, 2.75) is 32.9 Å². The minimum atomic E-state index is 0.0657. The molecule has 0 aliphatic heterocycles. The van der Waals surface area contributed by atoms with E-state index >= 15 is 0 Å². The Morgan fingerprint density at radius 1 is 1.30 bits per heavy atom. The standard InChI is InChI=1S/C15H20N2O2S/c1-11(2)19-13-6-4-12(5-7-13)14-10-20-15(18)17(14)9-3-8-16/h4-7,10-11H,3,8-9,16H2,1-2H3. The molecule has 0 unspecified atom stereocenters. The van der Waals surface area contributed by atoms with E-state index in [2.05, 4.69) is 0 Å². The molecular weight excluding hydrogens is 272 g/mol. The number of aromatic nitrogens is 1. The average Bonchev–Trinajstić information content (AvgIpc) is 2.78. The maximum absolute atomic E-state index is 11.8. The highest BCUT2D eigenvalue weighted by atomic mass is 32.1. The van der Waals surface area contributed by atoms with Crippen LogP contribution in [0.25, 0.3) is 11.3 Å². The van der Waals surface area contributed by atoms with E-state index in [1.165, 1.54) is 11.3 Å². The molecule has 0 saturated heterocycles. The van der Waals surface area contributed by atoms with Crippen LogP contribution in [0.3, 0.4) is 0 Å². The largest absolute Gasteiger partial charge is 0.491 e. The van der Waals surface area contributed by atoms with Crippen molar-refractivity contribution in [3.8, 4) is 17.0 Å². The minimum Gasteiger partial charge on any atom is -0.491 e. The lowest BCUT2D eigenvalue weighted by molar-refractivity contribution is 0.242. The van der Waals surface area contributed by atoms with Gasteiger partial charge in [0.15, 0.2) is 0 Å². The molecule has 0 amide bonds. The van der Waals surface area contributed by atoms with E-state index in [1.807, 2.05) is 43.5 Å². The zero-order valence-corrected chi connectivity index (χ0v) is 12.7. The predicted octanol–water partition coefficient (Wildman–Crippen LogP) is 2.71. The first-order chi connectivity index (χ1) is 9.61. The number of nitrogens with zero attached hydrogens (tertiary/aromatic N) is 1. The van der Waals surface area contributed by atoms with Crippen molar-refractivity contribution in [1.82, 2.24) is 4.57 Å². The van der Waals surface area contributed by atoms with Gasteiger partial charge in [0, 0.05) is 11.9 Å². The molecule has 0 fully saturated rings. The van der Waals surface area contributed by atoms with E-state index < -0.39 is 0 Å². The van der Waals surface area contributed by atoms with E-state index in [0.29, 0.717) is 13.1 Å². The highest BCUT2D eigenvalue weighted by Gasteiger charge is 2.09. The molecule has 2 N–H and O–H groups in total. The minimum absolute atomic E-state index is 0.0657. The molecule has 0 bridgehead atoms. The molecule has 5 heteroatoms. The lowest BCUT2D eigenvalue weighted by Crippen LogP contribution is -2.16. The van der Waals surface area contributed by atoms with Gasteiger partial charge in [0.25, 0.3) is 0 Å². The molecule has 0 aliphatic rings. The van der Waals surface area contributed by atoms with Crippen LogP contribution in [0.1, 0.15) is 20.3 Å². The van der Waals surface area contributed by atoms with Gasteiger partial charge in [0.1, 0.15) is 5.75 Å². The summed E-state index contributed by atoms with van der Waals surface area (Å²) in [4.78, 5) is 11.9. The fraction of sp³-hybridized carbons (Fsp3) is 0.400. The zero-order valence-electron chi connectivity index (χ0n) is 11.8. The Morgan fingerprint density at radius 2 is 2.00 bits per heavy atom. The lowest BCUT2D eigenvalue weighted by Gasteiger charge is -2.11. The second kappa shape index (κ2) is 6.72. The van der Waals surface area contributed by atoms with Crippen LogP contribution in [0.2, 0.25) is 0 Å². The summed E-state index contributed by atoms with van der Waals surface area (Å²) < 4.78 is 7.41. The predicted molar refractivity (Wildman–Crippen MR) is 83.5 cm³/mol. The summed E-state index contributed by atoms with van der Waals surface area (Å²) in [5.74, 6) is 0.842. The van der Waals surface area contributed by atoms with Crippen molar-refractivity contribution < 1.29 is 4.74 Å². The summed E-state index contributed by atoms with van der Waals surface area (Å²) in [6.07, 6.45) is 0.961. The van der Waals surface area contributed by atoms with Gasteiger partial charge in [0.2, 0.25) is 0 Å². The van der Waals surface area contributed by atoms with Crippen molar-refractivity contribution in [2.24, 2.45) is 5.73 Å². The van der Waals surface area contributed by atoms with Gasteiger partial charge in [-0.3, -0.25) is 9.36 Å². The molecule has 0 aliphatic carbocycles. The summed E-state index contributed by atoms with van der Waals surface area (Å²) in [6.45, 7) is 5.25. The number of hydrogen-bond donors (Lipinski definition) is 1. The number of benzene rings is 1.